The van der Waals surface area contributed by atoms with E-state index in [-0.39, 0.29) is 5.91 Å². The maximum absolute atomic E-state index is 12.5. The molecule has 3 rings (SSSR count). The van der Waals surface area contributed by atoms with Crippen LogP contribution in [0.2, 0.25) is 0 Å². The number of rotatable bonds is 3. The Morgan fingerprint density at radius 2 is 2.14 bits per heavy atom. The quantitative estimate of drug-likeness (QED) is 0.919. The van der Waals surface area contributed by atoms with E-state index in [9.17, 15) is 4.79 Å². The molecule has 2 N–H and O–H groups in total. The average Bonchev–Trinajstić information content (AvgIpc) is 3.09. The van der Waals surface area contributed by atoms with E-state index in [4.69, 9.17) is 5.73 Å². The summed E-state index contributed by atoms with van der Waals surface area (Å²) in [6, 6.07) is 2.15. The molecule has 1 aliphatic rings. The number of amides is 1. The lowest BCUT2D eigenvalue weighted by atomic mass is 10.2. The minimum Gasteiger partial charge on any atom is -0.396 e. The van der Waals surface area contributed by atoms with E-state index in [1.165, 1.54) is 11.8 Å². The Kier molecular flexibility index (Phi) is 3.94. The summed E-state index contributed by atoms with van der Waals surface area (Å²) in [7, 11) is 1.75. The minimum absolute atomic E-state index is 0.0253. The number of nitrogen functional groups attached to an aromatic ring is 1. The molecule has 7 heteroatoms. The van der Waals surface area contributed by atoms with Gasteiger partial charge in [0.25, 0.3) is 5.91 Å². The molecule has 0 spiro atoms. The molecule has 2 aromatic heterocycles. The zero-order valence-electron chi connectivity index (χ0n) is 12.0. The van der Waals surface area contributed by atoms with Gasteiger partial charge in [0, 0.05) is 39.8 Å². The van der Waals surface area contributed by atoms with Gasteiger partial charge in [-0.05, 0) is 22.4 Å². The highest BCUT2D eigenvalue weighted by Gasteiger charge is 2.25. The van der Waals surface area contributed by atoms with Crippen molar-refractivity contribution in [3.63, 3.8) is 0 Å². The Bertz CT molecular complexity index is 594. The second-order valence-electron chi connectivity index (χ2n) is 5.27. The lowest BCUT2D eigenvalue weighted by Crippen LogP contribution is -2.48. The van der Waals surface area contributed by atoms with Gasteiger partial charge < -0.3 is 10.6 Å². The van der Waals surface area contributed by atoms with Crippen molar-refractivity contribution in [2.24, 2.45) is 7.05 Å². The maximum Gasteiger partial charge on any atom is 0.274 e. The van der Waals surface area contributed by atoms with Crippen LogP contribution in [0.4, 0.5) is 5.69 Å². The summed E-state index contributed by atoms with van der Waals surface area (Å²) >= 11 is 1.72. The number of nitrogens with zero attached hydrogens (tertiary/aromatic N) is 4. The van der Waals surface area contributed by atoms with Gasteiger partial charge in [0.1, 0.15) is 5.69 Å². The Labute approximate surface area is 127 Å². The molecule has 0 radical (unpaired) electrons. The first-order valence-corrected chi connectivity index (χ1v) is 7.89. The summed E-state index contributed by atoms with van der Waals surface area (Å²) in [4.78, 5) is 16.7. The standard InChI is InChI=1S/C14H19N5OS/c1-17-13(12(15)8-16-17)14(20)19-5-3-18(4-6-19)9-11-2-7-21-10-11/h2,7-8,10H,3-6,9,15H2,1H3. The molecule has 0 saturated carbocycles. The van der Waals surface area contributed by atoms with Crippen LogP contribution < -0.4 is 5.73 Å². The fourth-order valence-corrected chi connectivity index (χ4v) is 3.28. The first-order valence-electron chi connectivity index (χ1n) is 6.95. The number of anilines is 1. The number of aryl methyl sites for hydroxylation is 1. The van der Waals surface area contributed by atoms with Crippen LogP contribution in [0.25, 0.3) is 0 Å². The van der Waals surface area contributed by atoms with E-state index < -0.39 is 0 Å². The SMILES string of the molecule is Cn1ncc(N)c1C(=O)N1CCN(Cc2ccsc2)CC1. The summed E-state index contributed by atoms with van der Waals surface area (Å²) in [5.41, 5.74) is 8.10. The lowest BCUT2D eigenvalue weighted by molar-refractivity contribution is 0.0619. The van der Waals surface area contributed by atoms with Crippen LogP contribution in [0, 0.1) is 0 Å². The Morgan fingerprint density at radius 3 is 2.71 bits per heavy atom. The van der Waals surface area contributed by atoms with E-state index in [2.05, 4.69) is 26.8 Å². The molecule has 0 bridgehead atoms. The third-order valence-electron chi connectivity index (χ3n) is 3.82. The van der Waals surface area contributed by atoms with Crippen molar-refractivity contribution < 1.29 is 4.79 Å². The smallest absolute Gasteiger partial charge is 0.274 e. The van der Waals surface area contributed by atoms with Gasteiger partial charge >= 0.3 is 0 Å². The van der Waals surface area contributed by atoms with Crippen LogP contribution in [0.15, 0.2) is 23.0 Å². The first kappa shape index (κ1) is 14.1. The average molecular weight is 305 g/mol. The molecule has 1 amide bonds. The van der Waals surface area contributed by atoms with Crippen molar-refractivity contribution in [2.75, 3.05) is 31.9 Å². The van der Waals surface area contributed by atoms with Gasteiger partial charge in [0.05, 0.1) is 11.9 Å². The van der Waals surface area contributed by atoms with Crippen molar-refractivity contribution in [3.05, 3.63) is 34.3 Å². The summed E-state index contributed by atoms with van der Waals surface area (Å²) in [6.45, 7) is 4.19. The lowest BCUT2D eigenvalue weighted by Gasteiger charge is -2.34. The van der Waals surface area contributed by atoms with E-state index in [1.54, 1.807) is 23.1 Å². The molecule has 2 aromatic rings. The number of piperazine rings is 1. The fourth-order valence-electron chi connectivity index (χ4n) is 2.62. The van der Waals surface area contributed by atoms with Gasteiger partial charge in [-0.2, -0.15) is 16.4 Å². The predicted octanol–water partition coefficient (Wildman–Crippen LogP) is 1.02. The van der Waals surface area contributed by atoms with Crippen molar-refractivity contribution in [2.45, 2.75) is 6.54 Å². The Hall–Kier alpha value is -1.86. The molecule has 21 heavy (non-hydrogen) atoms. The monoisotopic (exact) mass is 305 g/mol. The fraction of sp³-hybridized carbons (Fsp3) is 0.429. The highest BCUT2D eigenvalue weighted by Crippen LogP contribution is 2.16. The van der Waals surface area contributed by atoms with Crippen LogP contribution in [-0.2, 0) is 13.6 Å². The second kappa shape index (κ2) is 5.87. The third kappa shape index (κ3) is 2.93. The van der Waals surface area contributed by atoms with Crippen molar-refractivity contribution in [1.82, 2.24) is 19.6 Å². The van der Waals surface area contributed by atoms with E-state index >= 15 is 0 Å². The van der Waals surface area contributed by atoms with E-state index in [0.717, 1.165) is 32.7 Å². The highest BCUT2D eigenvalue weighted by atomic mass is 32.1. The van der Waals surface area contributed by atoms with Gasteiger partial charge in [0.15, 0.2) is 0 Å². The molecule has 0 atom stereocenters. The van der Waals surface area contributed by atoms with Gasteiger partial charge in [-0.15, -0.1) is 0 Å². The molecule has 1 fully saturated rings. The number of aromatic nitrogens is 2. The van der Waals surface area contributed by atoms with Gasteiger partial charge in [0.2, 0.25) is 0 Å². The predicted molar refractivity (Wildman–Crippen MR) is 83.1 cm³/mol. The van der Waals surface area contributed by atoms with Crippen LogP contribution in [0.3, 0.4) is 0 Å². The topological polar surface area (TPSA) is 67.4 Å². The first-order chi connectivity index (χ1) is 10.1. The molecule has 6 nitrogen and oxygen atoms in total. The van der Waals surface area contributed by atoms with Crippen LogP contribution in [0.1, 0.15) is 16.1 Å². The van der Waals surface area contributed by atoms with Gasteiger partial charge in [-0.3, -0.25) is 14.4 Å². The number of carbonyl (C=O) groups excluding carboxylic acids is 1. The summed E-state index contributed by atoms with van der Waals surface area (Å²) in [6.07, 6.45) is 1.53. The zero-order valence-corrected chi connectivity index (χ0v) is 12.8. The number of thiophene rings is 1. The molecule has 0 unspecified atom stereocenters. The molecular weight excluding hydrogens is 286 g/mol. The second-order valence-corrected chi connectivity index (χ2v) is 6.05. The maximum atomic E-state index is 12.5. The van der Waals surface area contributed by atoms with E-state index in [0.29, 0.717) is 11.4 Å². The molecule has 0 aliphatic carbocycles. The van der Waals surface area contributed by atoms with Crippen molar-refractivity contribution >= 4 is 22.9 Å². The molecule has 3 heterocycles. The highest BCUT2D eigenvalue weighted by molar-refractivity contribution is 7.07. The number of nitrogens with two attached hydrogens (primary N) is 1. The Morgan fingerprint density at radius 1 is 1.38 bits per heavy atom. The molecule has 112 valence electrons. The number of hydrogen-bond acceptors (Lipinski definition) is 5. The molecular formula is C14H19N5OS. The minimum atomic E-state index is -0.0253. The van der Waals surface area contributed by atoms with E-state index in [1.807, 2.05) is 4.90 Å². The normalized spacial score (nSPS) is 16.3. The molecule has 1 saturated heterocycles. The van der Waals surface area contributed by atoms with Crippen LogP contribution in [-0.4, -0.2) is 51.7 Å². The number of hydrogen-bond donors (Lipinski definition) is 1. The van der Waals surface area contributed by atoms with Crippen molar-refractivity contribution in [1.29, 1.82) is 0 Å². The van der Waals surface area contributed by atoms with Crippen LogP contribution >= 0.6 is 11.3 Å². The largest absolute Gasteiger partial charge is 0.396 e. The summed E-state index contributed by atoms with van der Waals surface area (Å²) in [5, 5.41) is 8.30. The Balaban J connectivity index is 1.59. The van der Waals surface area contributed by atoms with Crippen LogP contribution in [0.5, 0.6) is 0 Å². The van der Waals surface area contributed by atoms with Gasteiger partial charge in [-0.25, -0.2) is 0 Å². The summed E-state index contributed by atoms with van der Waals surface area (Å²) in [5.74, 6) is -0.0253. The summed E-state index contributed by atoms with van der Waals surface area (Å²) < 4.78 is 1.55. The zero-order chi connectivity index (χ0) is 14.8. The van der Waals surface area contributed by atoms with Crippen molar-refractivity contribution in [3.8, 4) is 0 Å². The molecule has 1 aliphatic heterocycles. The van der Waals surface area contributed by atoms with Gasteiger partial charge in [-0.1, -0.05) is 0 Å². The molecule has 0 aromatic carbocycles. The number of carbonyl (C=O) groups is 1. The third-order valence-corrected chi connectivity index (χ3v) is 4.55.